The molecule has 2 heterocycles. The Balaban J connectivity index is 0.000000907. The highest BCUT2D eigenvalue weighted by molar-refractivity contribution is 7.92. The number of aromatic nitrogens is 4. The van der Waals surface area contributed by atoms with Crippen molar-refractivity contribution >= 4 is 26.7 Å². The summed E-state index contributed by atoms with van der Waals surface area (Å²) in [5, 5.41) is -0.0323. The summed E-state index contributed by atoms with van der Waals surface area (Å²) >= 11 is 0. The number of aromatic amines is 1. The first kappa shape index (κ1) is 27.4. The van der Waals surface area contributed by atoms with Gasteiger partial charge in [-0.2, -0.15) is 8.42 Å². The SMILES string of the molecule is CC.CF.Cn1cnc(S(=O)(=O)Nc2ccc3nc(Cc4ccc(Oc5ccccc5)cc4)[nH]c3c2)c1. The summed E-state index contributed by atoms with van der Waals surface area (Å²) in [7, 11) is -1.54. The zero-order valence-electron chi connectivity index (χ0n) is 21.1. The predicted molar refractivity (Wildman–Crippen MR) is 144 cm³/mol. The minimum absolute atomic E-state index is 0.0323. The molecule has 194 valence electrons. The van der Waals surface area contributed by atoms with Crippen LogP contribution in [0.4, 0.5) is 10.1 Å². The van der Waals surface area contributed by atoms with Gasteiger partial charge in [0, 0.05) is 19.7 Å². The third kappa shape index (κ3) is 7.17. The lowest BCUT2D eigenvalue weighted by atomic mass is 10.1. The second kappa shape index (κ2) is 12.7. The molecular formula is C27H30FN5O3S. The molecular weight excluding hydrogens is 493 g/mol. The van der Waals surface area contributed by atoms with E-state index in [1.54, 1.807) is 29.8 Å². The van der Waals surface area contributed by atoms with Crippen molar-refractivity contribution in [2.24, 2.45) is 7.05 Å². The molecule has 0 aliphatic heterocycles. The topological polar surface area (TPSA) is 102 Å². The molecule has 0 saturated carbocycles. The highest BCUT2D eigenvalue weighted by Gasteiger charge is 2.17. The van der Waals surface area contributed by atoms with Crippen molar-refractivity contribution in [2.75, 3.05) is 11.9 Å². The normalized spacial score (nSPS) is 10.6. The highest BCUT2D eigenvalue weighted by Crippen LogP contribution is 2.23. The molecule has 0 saturated heterocycles. The van der Waals surface area contributed by atoms with E-state index >= 15 is 0 Å². The van der Waals surface area contributed by atoms with Crippen molar-refractivity contribution in [3.63, 3.8) is 0 Å². The number of ether oxygens (including phenoxy) is 1. The molecule has 0 amide bonds. The summed E-state index contributed by atoms with van der Waals surface area (Å²) in [5.74, 6) is 2.34. The van der Waals surface area contributed by atoms with Crippen molar-refractivity contribution in [1.29, 1.82) is 0 Å². The quantitative estimate of drug-likeness (QED) is 0.269. The predicted octanol–water partition coefficient (Wildman–Crippen LogP) is 6.09. The lowest BCUT2D eigenvalue weighted by Gasteiger charge is -2.06. The van der Waals surface area contributed by atoms with E-state index in [4.69, 9.17) is 4.74 Å². The van der Waals surface area contributed by atoms with E-state index in [-0.39, 0.29) is 5.03 Å². The van der Waals surface area contributed by atoms with E-state index in [9.17, 15) is 12.8 Å². The monoisotopic (exact) mass is 523 g/mol. The van der Waals surface area contributed by atoms with E-state index < -0.39 is 10.0 Å². The first-order chi connectivity index (χ1) is 17.9. The Bertz CT molecular complexity index is 1520. The molecule has 0 spiro atoms. The third-order valence-corrected chi connectivity index (χ3v) is 6.28. The molecule has 0 radical (unpaired) electrons. The van der Waals surface area contributed by atoms with E-state index in [2.05, 4.69) is 19.7 Å². The van der Waals surface area contributed by atoms with Gasteiger partial charge in [0.15, 0.2) is 5.03 Å². The lowest BCUT2D eigenvalue weighted by Crippen LogP contribution is -2.13. The van der Waals surface area contributed by atoms with Gasteiger partial charge in [0.2, 0.25) is 0 Å². The number of hydrogen-bond donors (Lipinski definition) is 2. The lowest BCUT2D eigenvalue weighted by molar-refractivity contribution is 0.482. The molecule has 0 fully saturated rings. The average molecular weight is 524 g/mol. The Morgan fingerprint density at radius 1 is 0.973 bits per heavy atom. The highest BCUT2D eigenvalue weighted by atomic mass is 32.2. The van der Waals surface area contributed by atoms with Gasteiger partial charge < -0.3 is 14.3 Å². The fourth-order valence-electron chi connectivity index (χ4n) is 3.44. The number of alkyl halides is 1. The van der Waals surface area contributed by atoms with Crippen LogP contribution in [0.3, 0.4) is 0 Å². The number of nitrogens with one attached hydrogen (secondary N) is 2. The zero-order valence-corrected chi connectivity index (χ0v) is 22.0. The maximum Gasteiger partial charge on any atom is 0.280 e. The van der Waals surface area contributed by atoms with Gasteiger partial charge in [-0.25, -0.2) is 9.97 Å². The van der Waals surface area contributed by atoms with Crippen LogP contribution in [-0.2, 0) is 23.5 Å². The van der Waals surface area contributed by atoms with Crippen LogP contribution in [0.15, 0.2) is 90.3 Å². The number of hydrogen-bond acceptors (Lipinski definition) is 5. The first-order valence-electron chi connectivity index (χ1n) is 11.6. The number of sulfonamides is 1. The van der Waals surface area contributed by atoms with E-state index in [0.29, 0.717) is 19.3 Å². The van der Waals surface area contributed by atoms with Crippen LogP contribution in [-0.4, -0.2) is 35.1 Å². The van der Waals surface area contributed by atoms with Crippen molar-refractivity contribution < 1.29 is 17.5 Å². The Morgan fingerprint density at radius 2 is 1.65 bits per heavy atom. The number of benzene rings is 3. The molecule has 37 heavy (non-hydrogen) atoms. The van der Waals surface area contributed by atoms with Gasteiger partial charge in [-0.05, 0) is 48.0 Å². The van der Waals surface area contributed by atoms with Crippen molar-refractivity contribution in [1.82, 2.24) is 19.5 Å². The van der Waals surface area contributed by atoms with Gasteiger partial charge in [-0.1, -0.05) is 44.2 Å². The Morgan fingerprint density at radius 3 is 2.30 bits per heavy atom. The van der Waals surface area contributed by atoms with Gasteiger partial charge in [0.05, 0.1) is 30.2 Å². The molecule has 0 unspecified atom stereocenters. The van der Waals surface area contributed by atoms with Crippen LogP contribution in [0.5, 0.6) is 11.5 Å². The van der Waals surface area contributed by atoms with E-state index in [1.807, 2.05) is 68.4 Å². The van der Waals surface area contributed by atoms with Crippen molar-refractivity contribution in [2.45, 2.75) is 25.3 Å². The summed E-state index contributed by atoms with van der Waals surface area (Å²) in [5.41, 5.74) is 3.02. The second-order valence-corrected chi connectivity index (χ2v) is 9.26. The fourth-order valence-corrected chi connectivity index (χ4v) is 4.47. The molecule has 0 bridgehead atoms. The molecule has 5 aromatic rings. The summed E-state index contributed by atoms with van der Waals surface area (Å²) in [6.07, 6.45) is 3.50. The number of anilines is 1. The van der Waals surface area contributed by atoms with Gasteiger partial charge >= 0.3 is 0 Å². The minimum atomic E-state index is -3.76. The summed E-state index contributed by atoms with van der Waals surface area (Å²) in [6, 6.07) is 22.7. The number of nitrogens with zero attached hydrogens (tertiary/aromatic N) is 3. The molecule has 0 aliphatic rings. The molecule has 2 aromatic heterocycles. The number of fused-ring (bicyclic) bond motifs is 1. The first-order valence-corrected chi connectivity index (χ1v) is 13.1. The van der Waals surface area contributed by atoms with Gasteiger partial charge in [-0.15, -0.1) is 0 Å². The van der Waals surface area contributed by atoms with Crippen molar-refractivity contribution in [3.05, 3.63) is 96.7 Å². The Kier molecular flexibility index (Phi) is 9.39. The van der Waals surface area contributed by atoms with E-state index in [1.165, 1.54) is 12.5 Å². The summed E-state index contributed by atoms with van der Waals surface area (Å²) < 4.78 is 44.5. The van der Waals surface area contributed by atoms with Crippen molar-refractivity contribution in [3.8, 4) is 11.5 Å². The van der Waals surface area contributed by atoms with Crippen LogP contribution in [0.25, 0.3) is 11.0 Å². The number of imidazole rings is 2. The largest absolute Gasteiger partial charge is 0.457 e. The zero-order chi connectivity index (χ0) is 26.8. The molecule has 10 heteroatoms. The molecule has 5 rings (SSSR count). The van der Waals surface area contributed by atoms with Crippen LogP contribution in [0.1, 0.15) is 25.2 Å². The number of rotatable bonds is 7. The Labute approximate surface area is 216 Å². The number of aryl methyl sites for hydroxylation is 1. The number of halogens is 1. The number of para-hydroxylation sites is 1. The molecule has 0 aliphatic carbocycles. The number of H-pyrrole nitrogens is 1. The molecule has 8 nitrogen and oxygen atoms in total. The smallest absolute Gasteiger partial charge is 0.280 e. The fraction of sp³-hybridized carbons (Fsp3) is 0.185. The van der Waals surface area contributed by atoms with Crippen LogP contribution < -0.4 is 9.46 Å². The van der Waals surface area contributed by atoms with Gasteiger partial charge in [0.1, 0.15) is 17.3 Å². The molecule has 3 aromatic carbocycles. The Hall–Kier alpha value is -4.18. The average Bonchev–Trinajstić information content (AvgIpc) is 3.54. The maximum atomic E-state index is 12.5. The van der Waals surface area contributed by atoms with E-state index in [0.717, 1.165) is 33.9 Å². The van der Waals surface area contributed by atoms with Crippen LogP contribution >= 0.6 is 0 Å². The van der Waals surface area contributed by atoms with Crippen LogP contribution in [0, 0.1) is 0 Å². The minimum Gasteiger partial charge on any atom is -0.457 e. The second-order valence-electron chi connectivity index (χ2n) is 7.63. The molecule has 2 N–H and O–H groups in total. The van der Waals surface area contributed by atoms with Gasteiger partial charge in [-0.3, -0.25) is 9.11 Å². The van der Waals surface area contributed by atoms with Crippen LogP contribution in [0.2, 0.25) is 0 Å². The van der Waals surface area contributed by atoms with Gasteiger partial charge in [0.25, 0.3) is 10.0 Å². The standard InChI is InChI=1S/C24H21N5O3S.C2H6.CH3F/c1-29-15-24(25-16-29)33(30,31)28-18-9-12-21-22(14-18)27-23(26-21)13-17-7-10-20(11-8-17)32-19-5-3-2-4-6-19;2*1-2/h2-12,14-16,28H,13H2,1H3,(H,26,27);1-2H3;1H3. The summed E-state index contributed by atoms with van der Waals surface area (Å²) in [6.45, 7) is 4.00. The molecule has 0 atom stereocenters. The summed E-state index contributed by atoms with van der Waals surface area (Å²) in [4.78, 5) is 11.8. The maximum absolute atomic E-state index is 12.5. The third-order valence-electron chi connectivity index (χ3n) is 5.01.